The van der Waals surface area contributed by atoms with Crippen molar-refractivity contribution in [1.29, 1.82) is 0 Å². The predicted molar refractivity (Wildman–Crippen MR) is 99.3 cm³/mol. The summed E-state index contributed by atoms with van der Waals surface area (Å²) in [5.41, 5.74) is 1.91. The van der Waals surface area contributed by atoms with Gasteiger partial charge >= 0.3 is 5.82 Å². The van der Waals surface area contributed by atoms with Gasteiger partial charge in [-0.2, -0.15) is 0 Å². The van der Waals surface area contributed by atoms with Crippen LogP contribution in [0.4, 0.5) is 0 Å². The van der Waals surface area contributed by atoms with E-state index in [9.17, 15) is 9.90 Å². The van der Waals surface area contributed by atoms with Crippen LogP contribution in [0.3, 0.4) is 0 Å². The first-order valence-corrected chi connectivity index (χ1v) is 9.85. The van der Waals surface area contributed by atoms with Crippen LogP contribution < -0.4 is 9.67 Å². The molecule has 0 unspecified atom stereocenters. The van der Waals surface area contributed by atoms with Crippen LogP contribution in [0.15, 0.2) is 24.3 Å². The molecule has 1 aromatic heterocycles. The number of imidazole rings is 1. The quantitative estimate of drug-likeness (QED) is 0.435. The molecule has 4 heteroatoms. The predicted octanol–water partition coefficient (Wildman–Crippen LogP) is 3.75. The SMILES string of the molecule is CCCCCCCCCCCC[n+]1c(C(=O)[O-])n(C)c2ccccc21. The fraction of sp³-hybridized carbons (Fsp3) is 0.619. The molecular weight excluding hydrogens is 312 g/mol. The number of fused-ring (bicyclic) bond motifs is 1. The maximum Gasteiger partial charge on any atom is 0.305 e. The van der Waals surface area contributed by atoms with E-state index >= 15 is 0 Å². The lowest BCUT2D eigenvalue weighted by molar-refractivity contribution is -0.677. The number of carboxylic acids is 1. The summed E-state index contributed by atoms with van der Waals surface area (Å²) in [6, 6.07) is 7.83. The Morgan fingerprint density at radius 1 is 0.960 bits per heavy atom. The average molecular weight is 344 g/mol. The van der Waals surface area contributed by atoms with Gasteiger partial charge in [-0.25, -0.2) is 9.13 Å². The molecular formula is C21H32N2O2. The van der Waals surface area contributed by atoms with Crippen molar-refractivity contribution in [2.24, 2.45) is 7.05 Å². The molecule has 0 amide bonds. The maximum absolute atomic E-state index is 11.5. The van der Waals surface area contributed by atoms with E-state index in [1.54, 1.807) is 11.6 Å². The summed E-state index contributed by atoms with van der Waals surface area (Å²) in [5, 5.41) is 11.5. The van der Waals surface area contributed by atoms with Gasteiger partial charge in [-0.15, -0.1) is 0 Å². The zero-order valence-corrected chi connectivity index (χ0v) is 15.8. The molecule has 0 saturated heterocycles. The number of carbonyl (C=O) groups is 1. The summed E-state index contributed by atoms with van der Waals surface area (Å²) < 4.78 is 3.62. The van der Waals surface area contributed by atoms with E-state index in [0.29, 0.717) is 0 Å². The number of carbonyl (C=O) groups excluding carboxylic acids is 1. The highest BCUT2D eigenvalue weighted by atomic mass is 16.4. The summed E-state index contributed by atoms with van der Waals surface area (Å²) in [6.07, 6.45) is 12.8. The molecule has 0 aliphatic rings. The Kier molecular flexibility index (Phi) is 7.96. The Morgan fingerprint density at radius 2 is 1.52 bits per heavy atom. The molecule has 0 aliphatic carbocycles. The van der Waals surface area contributed by atoms with Gasteiger partial charge in [0.2, 0.25) is 0 Å². The molecule has 0 fully saturated rings. The van der Waals surface area contributed by atoms with E-state index in [2.05, 4.69) is 6.92 Å². The number of aromatic nitrogens is 2. The van der Waals surface area contributed by atoms with E-state index < -0.39 is 5.97 Å². The molecule has 0 spiro atoms. The zero-order valence-electron chi connectivity index (χ0n) is 15.8. The van der Waals surface area contributed by atoms with Gasteiger partial charge in [-0.05, 0) is 25.0 Å². The van der Waals surface area contributed by atoms with Gasteiger partial charge in [-0.1, -0.05) is 70.4 Å². The van der Waals surface area contributed by atoms with Crippen LogP contribution in [-0.4, -0.2) is 10.5 Å². The highest BCUT2D eigenvalue weighted by molar-refractivity contribution is 5.84. The third-order valence-electron chi connectivity index (χ3n) is 5.03. The van der Waals surface area contributed by atoms with Crippen LogP contribution in [0.1, 0.15) is 81.8 Å². The van der Waals surface area contributed by atoms with Crippen LogP contribution in [0.5, 0.6) is 0 Å². The van der Waals surface area contributed by atoms with Crippen molar-refractivity contribution in [2.45, 2.75) is 77.7 Å². The normalized spacial score (nSPS) is 11.3. The van der Waals surface area contributed by atoms with E-state index in [0.717, 1.165) is 30.4 Å². The zero-order chi connectivity index (χ0) is 18.1. The molecule has 2 aromatic rings. The van der Waals surface area contributed by atoms with Crippen molar-refractivity contribution < 1.29 is 14.5 Å². The number of benzene rings is 1. The first kappa shape index (κ1) is 19.5. The van der Waals surface area contributed by atoms with Crippen LogP contribution in [0.25, 0.3) is 11.0 Å². The number of aromatic carboxylic acids is 1. The first-order valence-electron chi connectivity index (χ1n) is 9.85. The van der Waals surface area contributed by atoms with Crippen molar-refractivity contribution >= 4 is 17.0 Å². The van der Waals surface area contributed by atoms with Crippen LogP contribution in [0, 0.1) is 0 Å². The minimum atomic E-state index is -1.11. The van der Waals surface area contributed by atoms with Gasteiger partial charge < -0.3 is 9.90 Å². The second kappa shape index (κ2) is 10.2. The summed E-state index contributed by atoms with van der Waals surface area (Å²) in [7, 11) is 1.79. The Balaban J connectivity index is 1.79. The van der Waals surface area contributed by atoms with Gasteiger partial charge in [0.15, 0.2) is 17.0 Å². The Bertz CT molecular complexity index is 676. The van der Waals surface area contributed by atoms with Gasteiger partial charge in [0.25, 0.3) is 0 Å². The number of hydrogen-bond donors (Lipinski definition) is 0. The molecule has 1 heterocycles. The van der Waals surface area contributed by atoms with Gasteiger partial charge in [0.05, 0.1) is 13.6 Å². The van der Waals surface area contributed by atoms with Crippen LogP contribution in [0.2, 0.25) is 0 Å². The second-order valence-electron chi connectivity index (χ2n) is 6.99. The Hall–Kier alpha value is -1.84. The molecule has 4 nitrogen and oxygen atoms in total. The second-order valence-corrected chi connectivity index (χ2v) is 6.99. The van der Waals surface area contributed by atoms with Crippen LogP contribution >= 0.6 is 0 Å². The van der Waals surface area contributed by atoms with Crippen LogP contribution in [-0.2, 0) is 13.6 Å². The number of hydrogen-bond acceptors (Lipinski definition) is 2. The standard InChI is InChI=1S/C21H32N2O2/c1-3-4-5-6-7-8-9-10-11-14-17-23-19-16-13-12-15-18(19)22(2)20(23)21(24)25/h12-13,15-16H,3-11,14,17H2,1-2H3. The molecule has 0 radical (unpaired) electrons. The fourth-order valence-electron chi connectivity index (χ4n) is 3.62. The van der Waals surface area contributed by atoms with Gasteiger partial charge in [0, 0.05) is 0 Å². The minimum Gasteiger partial charge on any atom is -0.538 e. The summed E-state index contributed by atoms with van der Waals surface area (Å²) in [5.74, 6) is -0.845. The third kappa shape index (κ3) is 5.32. The lowest BCUT2D eigenvalue weighted by atomic mass is 10.1. The lowest BCUT2D eigenvalue weighted by Gasteiger charge is -2.05. The van der Waals surface area contributed by atoms with Crippen molar-refractivity contribution in [3.05, 3.63) is 30.1 Å². The largest absolute Gasteiger partial charge is 0.538 e. The molecule has 1 aromatic carbocycles. The lowest BCUT2D eigenvalue weighted by Crippen LogP contribution is -2.44. The topological polar surface area (TPSA) is 48.9 Å². The number of rotatable bonds is 12. The summed E-state index contributed by atoms with van der Waals surface area (Å²) >= 11 is 0. The van der Waals surface area contributed by atoms with Crippen molar-refractivity contribution in [2.75, 3.05) is 0 Å². The van der Waals surface area contributed by atoms with E-state index in [1.165, 1.54) is 51.4 Å². The average Bonchev–Trinajstić information content (AvgIpc) is 2.89. The smallest absolute Gasteiger partial charge is 0.305 e. The maximum atomic E-state index is 11.5. The summed E-state index contributed by atoms with van der Waals surface area (Å²) in [6.45, 7) is 2.99. The number of carboxylic acid groups (broad SMARTS) is 1. The van der Waals surface area contributed by atoms with E-state index in [4.69, 9.17) is 0 Å². The highest BCUT2D eigenvalue weighted by Crippen LogP contribution is 2.14. The summed E-state index contributed by atoms with van der Waals surface area (Å²) in [4.78, 5) is 11.5. The molecule has 0 bridgehead atoms. The Labute approximate surface area is 151 Å². The highest BCUT2D eigenvalue weighted by Gasteiger charge is 2.22. The fourth-order valence-corrected chi connectivity index (χ4v) is 3.62. The Morgan fingerprint density at radius 3 is 2.12 bits per heavy atom. The van der Waals surface area contributed by atoms with Gasteiger partial charge in [-0.3, -0.25) is 0 Å². The van der Waals surface area contributed by atoms with E-state index in [1.807, 2.05) is 28.8 Å². The van der Waals surface area contributed by atoms with E-state index in [-0.39, 0.29) is 5.82 Å². The molecule has 25 heavy (non-hydrogen) atoms. The van der Waals surface area contributed by atoms with Crippen molar-refractivity contribution in [1.82, 2.24) is 4.57 Å². The number of para-hydroxylation sites is 2. The number of nitrogens with zero attached hydrogens (tertiary/aromatic N) is 2. The molecule has 138 valence electrons. The van der Waals surface area contributed by atoms with Gasteiger partial charge in [0.1, 0.15) is 0 Å². The molecule has 0 aliphatic heterocycles. The number of aryl methyl sites for hydroxylation is 2. The molecule has 0 atom stereocenters. The van der Waals surface area contributed by atoms with Crippen molar-refractivity contribution in [3.63, 3.8) is 0 Å². The third-order valence-corrected chi connectivity index (χ3v) is 5.03. The molecule has 0 saturated carbocycles. The monoisotopic (exact) mass is 344 g/mol. The number of unbranched alkanes of at least 4 members (excludes halogenated alkanes) is 9. The molecule has 0 N–H and O–H groups in total. The van der Waals surface area contributed by atoms with Crippen molar-refractivity contribution in [3.8, 4) is 0 Å². The minimum absolute atomic E-state index is 0.261. The molecule has 2 rings (SSSR count). The first-order chi connectivity index (χ1) is 12.2.